The molecule has 1 heterocycles. The lowest BCUT2D eigenvalue weighted by molar-refractivity contribution is -0.740. The van der Waals surface area contributed by atoms with Gasteiger partial charge in [0.15, 0.2) is 0 Å². The average molecular weight is 448 g/mol. The molecule has 130 valence electrons. The first-order chi connectivity index (χ1) is 11.7. The molecular formula is C20H23IN3O+. The first-order valence-electron chi connectivity index (χ1n) is 8.38. The van der Waals surface area contributed by atoms with Crippen molar-refractivity contribution >= 4 is 46.3 Å². The number of benzene rings is 2. The van der Waals surface area contributed by atoms with E-state index < -0.39 is 0 Å². The number of carbonyl (C=O) groups is 1. The Hall–Kier alpha value is -2.02. The molecule has 1 amide bonds. The molecule has 0 aliphatic carbocycles. The predicted molar refractivity (Wildman–Crippen MR) is 111 cm³/mol. The van der Waals surface area contributed by atoms with Crippen molar-refractivity contribution in [2.75, 3.05) is 5.32 Å². The fraction of sp³-hybridized carbons (Fsp3) is 0.250. The van der Waals surface area contributed by atoms with Crippen molar-refractivity contribution < 1.29 is 9.48 Å². The lowest BCUT2D eigenvalue weighted by atomic mass is 10.1. The number of aromatic nitrogens is 2. The number of nitrogens with zero attached hydrogens (tertiary/aromatic N) is 2. The minimum Gasteiger partial charge on any atom is -0.321 e. The van der Waals surface area contributed by atoms with Crippen molar-refractivity contribution in [2.24, 2.45) is 0 Å². The highest BCUT2D eigenvalue weighted by Gasteiger charge is 2.12. The van der Waals surface area contributed by atoms with Crippen LogP contribution in [0.1, 0.15) is 25.3 Å². The Kier molecular flexibility index (Phi) is 7.31. The van der Waals surface area contributed by atoms with E-state index in [4.69, 9.17) is 0 Å². The van der Waals surface area contributed by atoms with Gasteiger partial charge in [-0.05, 0) is 41.7 Å². The molecule has 1 N–H and O–H groups in total. The number of hydrogen-bond acceptors (Lipinski definition) is 2. The van der Waals surface area contributed by atoms with Gasteiger partial charge in [0.25, 0.3) is 12.5 Å². The van der Waals surface area contributed by atoms with Crippen LogP contribution in [0.4, 0.5) is 5.69 Å². The second kappa shape index (κ2) is 9.46. The van der Waals surface area contributed by atoms with Crippen LogP contribution in [0.5, 0.6) is 0 Å². The minimum absolute atomic E-state index is 0. The van der Waals surface area contributed by atoms with Crippen LogP contribution in [0.2, 0.25) is 0 Å². The summed E-state index contributed by atoms with van der Waals surface area (Å²) in [6.07, 6.45) is 7.14. The van der Waals surface area contributed by atoms with Gasteiger partial charge in [0.05, 0.1) is 0 Å². The Bertz CT molecular complexity index is 834. The number of unbranched alkanes of at least 4 members (excludes halogenated alkanes) is 1. The number of halogens is 1. The first kappa shape index (κ1) is 19.3. The van der Waals surface area contributed by atoms with E-state index >= 15 is 0 Å². The highest BCUT2D eigenvalue weighted by molar-refractivity contribution is 14.0. The summed E-state index contributed by atoms with van der Waals surface area (Å²) < 4.78 is 1.66. The zero-order valence-electron chi connectivity index (χ0n) is 14.3. The number of anilines is 1. The quantitative estimate of drug-likeness (QED) is 0.456. The molecule has 0 saturated carbocycles. The summed E-state index contributed by atoms with van der Waals surface area (Å²) in [7, 11) is 0. The number of fused-ring (bicyclic) bond motifs is 1. The van der Waals surface area contributed by atoms with E-state index in [1.165, 1.54) is 18.4 Å². The Morgan fingerprint density at radius 3 is 2.52 bits per heavy atom. The van der Waals surface area contributed by atoms with Crippen LogP contribution < -0.4 is 10.00 Å². The number of hydrogen-bond donors (Lipinski definition) is 1. The third kappa shape index (κ3) is 5.49. The zero-order valence-corrected chi connectivity index (χ0v) is 16.6. The molecule has 4 nitrogen and oxygen atoms in total. The zero-order chi connectivity index (χ0) is 16.8. The van der Waals surface area contributed by atoms with Crippen LogP contribution in [0, 0.1) is 0 Å². The minimum atomic E-state index is -0.0795. The Morgan fingerprint density at radius 1 is 1.08 bits per heavy atom. The molecule has 5 heteroatoms. The summed E-state index contributed by atoms with van der Waals surface area (Å²) in [4.78, 5) is 12.2. The van der Waals surface area contributed by atoms with Gasteiger partial charge in [0.1, 0.15) is 6.20 Å². The summed E-state index contributed by atoms with van der Waals surface area (Å²) in [6, 6.07) is 16.0. The standard InChI is InChI=1S/C20H21N3O.HI/c1-2-3-6-16-9-11-19(12-10-16)22-20(24)15-23-14-18-8-5-4-7-17(18)13-21-23;/h4-5,7-14H,2-3,6,15H2,1H3;1H/p+1. The summed E-state index contributed by atoms with van der Waals surface area (Å²) in [5.74, 6) is -0.0795. The second-order valence-electron chi connectivity index (χ2n) is 5.95. The highest BCUT2D eigenvalue weighted by atomic mass is 127. The number of aryl methyl sites for hydroxylation is 1. The molecule has 3 rings (SSSR count). The molecule has 0 atom stereocenters. The van der Waals surface area contributed by atoms with Crippen molar-refractivity contribution in [1.82, 2.24) is 5.10 Å². The molecule has 0 aliphatic rings. The van der Waals surface area contributed by atoms with Crippen molar-refractivity contribution in [1.29, 1.82) is 0 Å². The van der Waals surface area contributed by atoms with E-state index in [0.29, 0.717) is 0 Å². The van der Waals surface area contributed by atoms with Crippen molar-refractivity contribution in [3.63, 3.8) is 0 Å². The SMILES string of the molecule is CCCCc1ccc(NC(=O)C[n+]2cc3ccccc3cn2)cc1.I. The fourth-order valence-corrected chi connectivity index (χ4v) is 2.65. The van der Waals surface area contributed by atoms with Gasteiger partial charge < -0.3 is 5.32 Å². The highest BCUT2D eigenvalue weighted by Crippen LogP contribution is 2.12. The number of nitrogens with one attached hydrogen (secondary N) is 1. The largest absolute Gasteiger partial charge is 0.321 e. The molecule has 25 heavy (non-hydrogen) atoms. The Labute approximate surface area is 165 Å². The Balaban J connectivity index is 0.00000225. The molecule has 2 aromatic carbocycles. The normalized spacial score (nSPS) is 10.3. The predicted octanol–water partition coefficient (Wildman–Crippen LogP) is 4.12. The number of amides is 1. The van der Waals surface area contributed by atoms with Crippen molar-refractivity contribution in [2.45, 2.75) is 32.7 Å². The average Bonchev–Trinajstić information content (AvgIpc) is 2.61. The topological polar surface area (TPSA) is 45.9 Å². The smallest absolute Gasteiger partial charge is 0.292 e. The third-order valence-corrected chi connectivity index (χ3v) is 3.99. The van der Waals surface area contributed by atoms with Crippen LogP contribution in [0.15, 0.2) is 60.9 Å². The monoisotopic (exact) mass is 448 g/mol. The van der Waals surface area contributed by atoms with Gasteiger partial charge in [-0.2, -0.15) is 0 Å². The summed E-state index contributed by atoms with van der Waals surface area (Å²) in [5, 5.41) is 9.35. The summed E-state index contributed by atoms with van der Waals surface area (Å²) in [6.45, 7) is 2.38. The molecule has 0 spiro atoms. The maximum atomic E-state index is 12.2. The van der Waals surface area contributed by atoms with Gasteiger partial charge >= 0.3 is 0 Å². The van der Waals surface area contributed by atoms with E-state index in [9.17, 15) is 4.79 Å². The molecule has 0 bridgehead atoms. The maximum absolute atomic E-state index is 12.2. The van der Waals surface area contributed by atoms with Crippen LogP contribution in [-0.4, -0.2) is 11.0 Å². The van der Waals surface area contributed by atoms with E-state index in [2.05, 4.69) is 29.5 Å². The molecule has 0 unspecified atom stereocenters. The number of carbonyl (C=O) groups excluding carboxylic acids is 1. The van der Waals surface area contributed by atoms with E-state index in [1.807, 2.05) is 42.6 Å². The van der Waals surface area contributed by atoms with Crippen LogP contribution in [0.25, 0.3) is 10.8 Å². The van der Waals surface area contributed by atoms with Gasteiger partial charge in [0.2, 0.25) is 6.20 Å². The molecule has 3 aromatic rings. The van der Waals surface area contributed by atoms with Gasteiger partial charge in [-0.1, -0.05) is 48.4 Å². The van der Waals surface area contributed by atoms with Crippen LogP contribution in [-0.2, 0) is 17.8 Å². The fourth-order valence-electron chi connectivity index (χ4n) is 2.65. The second-order valence-corrected chi connectivity index (χ2v) is 5.95. The Morgan fingerprint density at radius 2 is 1.80 bits per heavy atom. The molecule has 0 radical (unpaired) electrons. The van der Waals surface area contributed by atoms with E-state index in [0.717, 1.165) is 22.9 Å². The summed E-state index contributed by atoms with van der Waals surface area (Å²) in [5.41, 5.74) is 2.13. The maximum Gasteiger partial charge on any atom is 0.292 e. The molecule has 0 fully saturated rings. The van der Waals surface area contributed by atoms with Gasteiger partial charge in [-0.15, -0.1) is 24.0 Å². The first-order valence-corrected chi connectivity index (χ1v) is 8.38. The van der Waals surface area contributed by atoms with Crippen molar-refractivity contribution in [3.05, 3.63) is 66.5 Å². The molecular weight excluding hydrogens is 425 g/mol. The molecule has 0 saturated heterocycles. The van der Waals surface area contributed by atoms with Crippen LogP contribution >= 0.6 is 24.0 Å². The van der Waals surface area contributed by atoms with Gasteiger partial charge in [-0.3, -0.25) is 4.79 Å². The van der Waals surface area contributed by atoms with E-state index in [1.54, 1.807) is 10.9 Å². The molecule has 1 aromatic heterocycles. The van der Waals surface area contributed by atoms with Gasteiger partial charge in [-0.25, -0.2) is 0 Å². The number of rotatable bonds is 6. The van der Waals surface area contributed by atoms with Gasteiger partial charge in [0, 0.05) is 16.5 Å². The van der Waals surface area contributed by atoms with Crippen molar-refractivity contribution in [3.8, 4) is 0 Å². The van der Waals surface area contributed by atoms with Crippen LogP contribution in [0.3, 0.4) is 0 Å². The lowest BCUT2D eigenvalue weighted by Gasteiger charge is -2.05. The van der Waals surface area contributed by atoms with E-state index in [-0.39, 0.29) is 36.4 Å². The molecule has 0 aliphatic heterocycles. The summed E-state index contributed by atoms with van der Waals surface area (Å²) >= 11 is 0. The lowest BCUT2D eigenvalue weighted by Crippen LogP contribution is -2.43. The third-order valence-electron chi connectivity index (χ3n) is 3.99.